The average molecular weight is 371 g/mol. The van der Waals surface area contributed by atoms with Crippen LogP contribution in [0.4, 0.5) is 0 Å². The summed E-state index contributed by atoms with van der Waals surface area (Å²) in [4.78, 5) is 17.0. The van der Waals surface area contributed by atoms with Gasteiger partial charge in [-0.2, -0.15) is 0 Å². The first kappa shape index (κ1) is 19.4. The highest BCUT2D eigenvalue weighted by Gasteiger charge is 2.18. The van der Waals surface area contributed by atoms with Crippen molar-refractivity contribution in [3.8, 4) is 11.3 Å². The Labute approximate surface area is 166 Å². The van der Waals surface area contributed by atoms with Gasteiger partial charge in [0.25, 0.3) is 0 Å². The van der Waals surface area contributed by atoms with Crippen molar-refractivity contribution in [2.45, 2.75) is 26.4 Å². The Kier molecular flexibility index (Phi) is 6.22. The molecule has 0 saturated carbocycles. The van der Waals surface area contributed by atoms with Gasteiger partial charge in [0, 0.05) is 24.1 Å². The second kappa shape index (κ2) is 9.00. The molecule has 0 fully saturated rings. The van der Waals surface area contributed by atoms with Crippen LogP contribution < -0.4 is 5.32 Å². The highest BCUT2D eigenvalue weighted by molar-refractivity contribution is 5.92. The summed E-state index contributed by atoms with van der Waals surface area (Å²) in [6.07, 6.45) is 2.57. The van der Waals surface area contributed by atoms with E-state index in [1.807, 2.05) is 54.6 Å². The molecule has 28 heavy (non-hydrogen) atoms. The van der Waals surface area contributed by atoms with Crippen LogP contribution in [0.5, 0.6) is 0 Å². The number of nitrogens with zero attached hydrogens (tertiary/aromatic N) is 2. The lowest BCUT2D eigenvalue weighted by Gasteiger charge is -2.12. The third-order valence-electron chi connectivity index (χ3n) is 4.52. The number of imidazole rings is 1. The van der Waals surface area contributed by atoms with Crippen LogP contribution in [0.3, 0.4) is 0 Å². The van der Waals surface area contributed by atoms with Crippen molar-refractivity contribution in [1.29, 1.82) is 0 Å². The minimum atomic E-state index is -0.157. The third kappa shape index (κ3) is 4.46. The fourth-order valence-electron chi connectivity index (χ4n) is 3.12. The van der Waals surface area contributed by atoms with Crippen LogP contribution in [0, 0.1) is 0 Å². The second-order valence-electron chi connectivity index (χ2n) is 6.71. The molecule has 1 N–H and O–H groups in total. The molecule has 1 aromatic heterocycles. The number of aromatic nitrogens is 2. The predicted molar refractivity (Wildman–Crippen MR) is 114 cm³/mol. The molecule has 0 spiro atoms. The SMILES string of the molecule is C=CCn1c(Cc2ccccc2)nc(-c2ccccc2)c1CNC(=O)C(=C)C. The number of allylic oxidation sites excluding steroid dienone is 1. The van der Waals surface area contributed by atoms with E-state index in [0.29, 0.717) is 25.1 Å². The summed E-state index contributed by atoms with van der Waals surface area (Å²) in [5.74, 6) is 0.791. The van der Waals surface area contributed by atoms with Gasteiger partial charge in [0.15, 0.2) is 0 Å². The molecule has 0 saturated heterocycles. The van der Waals surface area contributed by atoms with Crippen LogP contribution in [-0.2, 0) is 24.3 Å². The van der Waals surface area contributed by atoms with Gasteiger partial charge < -0.3 is 9.88 Å². The van der Waals surface area contributed by atoms with Crippen molar-refractivity contribution >= 4 is 5.91 Å². The Morgan fingerprint density at radius 3 is 2.36 bits per heavy atom. The number of amides is 1. The van der Waals surface area contributed by atoms with Gasteiger partial charge in [-0.1, -0.05) is 73.3 Å². The molecule has 0 unspecified atom stereocenters. The molecule has 3 aromatic rings. The van der Waals surface area contributed by atoms with Crippen molar-refractivity contribution in [1.82, 2.24) is 14.9 Å². The average Bonchev–Trinajstić information content (AvgIpc) is 3.05. The molecule has 0 aliphatic rings. The number of nitrogens with one attached hydrogen (secondary N) is 1. The maximum Gasteiger partial charge on any atom is 0.246 e. The maximum absolute atomic E-state index is 12.1. The Morgan fingerprint density at radius 2 is 1.75 bits per heavy atom. The highest BCUT2D eigenvalue weighted by Crippen LogP contribution is 2.26. The fourth-order valence-corrected chi connectivity index (χ4v) is 3.12. The molecule has 4 nitrogen and oxygen atoms in total. The number of hydrogen-bond acceptors (Lipinski definition) is 2. The smallest absolute Gasteiger partial charge is 0.246 e. The molecular weight excluding hydrogens is 346 g/mol. The van der Waals surface area contributed by atoms with Crippen LogP contribution in [0.15, 0.2) is 85.5 Å². The molecule has 4 heteroatoms. The summed E-state index contributed by atoms with van der Waals surface area (Å²) in [5.41, 5.74) is 4.55. The molecule has 0 bridgehead atoms. The van der Waals surface area contributed by atoms with E-state index in [2.05, 4.69) is 35.2 Å². The third-order valence-corrected chi connectivity index (χ3v) is 4.52. The Balaban J connectivity index is 2.05. The summed E-state index contributed by atoms with van der Waals surface area (Å²) < 4.78 is 2.14. The van der Waals surface area contributed by atoms with E-state index in [0.717, 1.165) is 22.8 Å². The van der Waals surface area contributed by atoms with Gasteiger partial charge in [0.2, 0.25) is 5.91 Å². The minimum Gasteiger partial charge on any atom is -0.347 e. The number of carbonyl (C=O) groups is 1. The summed E-state index contributed by atoms with van der Waals surface area (Å²) in [7, 11) is 0. The monoisotopic (exact) mass is 371 g/mol. The van der Waals surface area contributed by atoms with Crippen LogP contribution >= 0.6 is 0 Å². The van der Waals surface area contributed by atoms with Gasteiger partial charge >= 0.3 is 0 Å². The first-order valence-corrected chi connectivity index (χ1v) is 9.32. The van der Waals surface area contributed by atoms with Crippen LogP contribution in [0.1, 0.15) is 24.0 Å². The number of hydrogen-bond donors (Lipinski definition) is 1. The molecular formula is C24H25N3O. The van der Waals surface area contributed by atoms with Crippen LogP contribution in [-0.4, -0.2) is 15.5 Å². The van der Waals surface area contributed by atoms with E-state index in [1.165, 1.54) is 5.56 Å². The molecule has 0 radical (unpaired) electrons. The zero-order valence-electron chi connectivity index (χ0n) is 16.2. The molecule has 3 rings (SSSR count). The predicted octanol–water partition coefficient (Wildman–Crippen LogP) is 4.52. The fraction of sp³-hybridized carbons (Fsp3) is 0.167. The van der Waals surface area contributed by atoms with Crippen molar-refractivity contribution < 1.29 is 4.79 Å². The molecule has 2 aromatic carbocycles. The lowest BCUT2D eigenvalue weighted by molar-refractivity contribution is -0.117. The van der Waals surface area contributed by atoms with Gasteiger partial charge in [-0.3, -0.25) is 4.79 Å². The van der Waals surface area contributed by atoms with Gasteiger partial charge in [0.05, 0.1) is 17.9 Å². The second-order valence-corrected chi connectivity index (χ2v) is 6.71. The molecule has 0 aliphatic heterocycles. The Bertz CT molecular complexity index is 972. The summed E-state index contributed by atoms with van der Waals surface area (Å²) in [6.45, 7) is 10.3. The van der Waals surface area contributed by atoms with E-state index in [9.17, 15) is 4.79 Å². The first-order chi connectivity index (χ1) is 13.6. The first-order valence-electron chi connectivity index (χ1n) is 9.32. The van der Waals surface area contributed by atoms with Crippen molar-refractivity contribution in [3.63, 3.8) is 0 Å². The highest BCUT2D eigenvalue weighted by atomic mass is 16.1. The molecule has 1 heterocycles. The van der Waals surface area contributed by atoms with E-state index >= 15 is 0 Å². The van der Waals surface area contributed by atoms with E-state index in [1.54, 1.807) is 6.92 Å². The van der Waals surface area contributed by atoms with Crippen LogP contribution in [0.25, 0.3) is 11.3 Å². The molecule has 142 valence electrons. The van der Waals surface area contributed by atoms with E-state index in [-0.39, 0.29) is 5.91 Å². The molecule has 1 amide bonds. The lowest BCUT2D eigenvalue weighted by atomic mass is 10.1. The Hall–Kier alpha value is -3.40. The number of benzene rings is 2. The summed E-state index contributed by atoms with van der Waals surface area (Å²) in [5, 5.41) is 2.95. The van der Waals surface area contributed by atoms with Gasteiger partial charge in [0.1, 0.15) is 5.82 Å². The largest absolute Gasteiger partial charge is 0.347 e. The zero-order chi connectivity index (χ0) is 19.9. The van der Waals surface area contributed by atoms with Crippen molar-refractivity contribution in [2.75, 3.05) is 0 Å². The van der Waals surface area contributed by atoms with E-state index < -0.39 is 0 Å². The number of carbonyl (C=O) groups excluding carboxylic acids is 1. The van der Waals surface area contributed by atoms with Gasteiger partial charge in [-0.25, -0.2) is 4.98 Å². The zero-order valence-corrected chi connectivity index (χ0v) is 16.2. The quantitative estimate of drug-likeness (QED) is 0.467. The molecule has 0 atom stereocenters. The Morgan fingerprint density at radius 1 is 1.11 bits per heavy atom. The normalized spacial score (nSPS) is 10.5. The number of rotatable bonds is 8. The van der Waals surface area contributed by atoms with Crippen molar-refractivity contribution in [3.05, 3.63) is 103 Å². The minimum absolute atomic E-state index is 0.157. The molecule has 0 aliphatic carbocycles. The van der Waals surface area contributed by atoms with Crippen LogP contribution in [0.2, 0.25) is 0 Å². The van der Waals surface area contributed by atoms with E-state index in [4.69, 9.17) is 4.98 Å². The lowest BCUT2D eigenvalue weighted by Crippen LogP contribution is -2.25. The maximum atomic E-state index is 12.1. The van der Waals surface area contributed by atoms with Crippen molar-refractivity contribution in [2.24, 2.45) is 0 Å². The summed E-state index contributed by atoms with van der Waals surface area (Å²) >= 11 is 0. The topological polar surface area (TPSA) is 46.9 Å². The van der Waals surface area contributed by atoms with Gasteiger partial charge in [-0.15, -0.1) is 6.58 Å². The van der Waals surface area contributed by atoms with Gasteiger partial charge in [-0.05, 0) is 12.5 Å². The standard InChI is InChI=1S/C24H25N3O/c1-4-15-27-21(17-25-24(28)18(2)3)23(20-13-9-6-10-14-20)26-22(27)16-19-11-7-5-8-12-19/h4-14H,1-2,15-17H2,3H3,(H,25,28). The summed E-state index contributed by atoms with van der Waals surface area (Å²) in [6, 6.07) is 20.3.